The second kappa shape index (κ2) is 6.43. The Morgan fingerprint density at radius 3 is 2.93 bits per heavy atom. The third-order valence-corrected chi connectivity index (χ3v) is 5.66. The lowest BCUT2D eigenvalue weighted by molar-refractivity contribution is -0.232. The van der Waals surface area contributed by atoms with Gasteiger partial charge < -0.3 is 13.9 Å². The Balaban J connectivity index is 1.79. The smallest absolute Gasteiger partial charge is 0.346 e. The van der Waals surface area contributed by atoms with Gasteiger partial charge in [-0.25, -0.2) is 9.18 Å². The monoisotopic (exact) mass is 391 g/mol. The van der Waals surface area contributed by atoms with E-state index >= 15 is 0 Å². The van der Waals surface area contributed by atoms with Gasteiger partial charge in [-0.3, -0.25) is 0 Å². The minimum Gasteiger partial charge on any atom is -0.461 e. The summed E-state index contributed by atoms with van der Waals surface area (Å²) in [6.45, 7) is 2.08. The van der Waals surface area contributed by atoms with Crippen LogP contribution in [0.5, 0.6) is 5.75 Å². The van der Waals surface area contributed by atoms with Crippen LogP contribution in [0.15, 0.2) is 45.6 Å². The molecule has 2 aliphatic heterocycles. The topological polar surface area (TPSA) is 72.5 Å². The van der Waals surface area contributed by atoms with Crippen molar-refractivity contribution in [3.63, 3.8) is 0 Å². The number of hydrogen-bond acceptors (Lipinski definition) is 5. The van der Waals surface area contributed by atoms with Gasteiger partial charge >= 0.3 is 5.63 Å². The second-order valence-electron chi connectivity index (χ2n) is 7.59. The molecule has 5 nitrogen and oxygen atoms in total. The van der Waals surface area contributed by atoms with Crippen molar-refractivity contribution in [1.29, 1.82) is 5.26 Å². The summed E-state index contributed by atoms with van der Waals surface area (Å²) in [5.74, 6) is -1.07. The molecular formula is C23H18FNO4. The number of nitriles is 1. The minimum atomic E-state index is -0.970. The van der Waals surface area contributed by atoms with E-state index in [9.17, 15) is 14.4 Å². The predicted octanol–water partition coefficient (Wildman–Crippen LogP) is 4.74. The van der Waals surface area contributed by atoms with Gasteiger partial charge in [0.15, 0.2) is 0 Å². The fraction of sp³-hybridized carbons (Fsp3) is 0.304. The lowest BCUT2D eigenvalue weighted by Gasteiger charge is -2.46. The van der Waals surface area contributed by atoms with Crippen molar-refractivity contribution in [1.82, 2.24) is 0 Å². The van der Waals surface area contributed by atoms with Crippen LogP contribution in [0, 0.1) is 17.1 Å². The van der Waals surface area contributed by atoms with Crippen molar-refractivity contribution in [2.24, 2.45) is 0 Å². The molecule has 3 aromatic rings. The molecule has 1 unspecified atom stereocenters. The molecule has 2 aliphatic rings. The van der Waals surface area contributed by atoms with Gasteiger partial charge in [0.05, 0.1) is 17.0 Å². The highest BCUT2D eigenvalue weighted by atomic mass is 19.1. The number of fused-ring (bicyclic) bond motifs is 8. The maximum atomic E-state index is 14.0. The molecule has 2 atom stereocenters. The summed E-state index contributed by atoms with van der Waals surface area (Å²) >= 11 is 0. The molecule has 0 radical (unpaired) electrons. The number of ether oxygens (including phenoxy) is 2. The molecule has 0 fully saturated rings. The van der Waals surface area contributed by atoms with Crippen LogP contribution in [0.4, 0.5) is 4.39 Å². The Hall–Kier alpha value is -3.17. The molecule has 5 rings (SSSR count). The summed E-state index contributed by atoms with van der Waals surface area (Å²) in [5, 5.41) is 9.70. The van der Waals surface area contributed by atoms with E-state index in [1.54, 1.807) is 6.07 Å². The number of halogens is 1. The number of unbranched alkanes of at least 4 members (excludes halogenated alkanes) is 1. The van der Waals surface area contributed by atoms with Gasteiger partial charge in [-0.15, -0.1) is 0 Å². The van der Waals surface area contributed by atoms with Crippen LogP contribution in [-0.4, -0.2) is 5.79 Å². The Kier molecular flexibility index (Phi) is 3.97. The second-order valence-corrected chi connectivity index (χ2v) is 7.59. The molecular weight excluding hydrogens is 373 g/mol. The Labute approximate surface area is 166 Å². The van der Waals surface area contributed by atoms with Crippen LogP contribution in [0.3, 0.4) is 0 Å². The molecule has 0 N–H and O–H groups in total. The molecule has 29 heavy (non-hydrogen) atoms. The van der Waals surface area contributed by atoms with Crippen molar-refractivity contribution < 1.29 is 18.3 Å². The SMILES string of the molecule is CCCC[C@]12Cc3cc(C#N)ccc3C(O1)c1c(c3cc(F)ccc3oc1=O)O2. The zero-order chi connectivity index (χ0) is 20.2. The third kappa shape index (κ3) is 2.73. The summed E-state index contributed by atoms with van der Waals surface area (Å²) in [6.07, 6.45) is 2.19. The first-order chi connectivity index (χ1) is 14.0. The molecule has 1 aromatic heterocycles. The maximum absolute atomic E-state index is 14.0. The molecule has 0 spiro atoms. The van der Waals surface area contributed by atoms with Crippen LogP contribution in [0.2, 0.25) is 0 Å². The van der Waals surface area contributed by atoms with E-state index in [2.05, 4.69) is 13.0 Å². The largest absolute Gasteiger partial charge is 0.461 e. The highest BCUT2D eigenvalue weighted by Crippen LogP contribution is 2.50. The molecule has 0 amide bonds. The predicted molar refractivity (Wildman–Crippen MR) is 103 cm³/mol. The molecule has 2 bridgehead atoms. The van der Waals surface area contributed by atoms with Crippen molar-refractivity contribution in [3.05, 3.63) is 74.9 Å². The van der Waals surface area contributed by atoms with Gasteiger partial charge in [0, 0.05) is 12.8 Å². The first-order valence-corrected chi connectivity index (χ1v) is 9.69. The highest BCUT2D eigenvalue weighted by Gasteiger charge is 2.49. The van der Waals surface area contributed by atoms with Gasteiger partial charge in [-0.1, -0.05) is 19.4 Å². The summed E-state index contributed by atoms with van der Waals surface area (Å²) in [5.41, 5.74) is 2.22. The van der Waals surface area contributed by atoms with Crippen LogP contribution in [-0.2, 0) is 11.2 Å². The van der Waals surface area contributed by atoms with E-state index in [-0.39, 0.29) is 11.1 Å². The maximum Gasteiger partial charge on any atom is 0.346 e. The van der Waals surface area contributed by atoms with Crippen LogP contribution >= 0.6 is 0 Å². The minimum absolute atomic E-state index is 0.237. The molecule has 146 valence electrons. The lowest BCUT2D eigenvalue weighted by atomic mass is 9.84. The molecule has 3 heterocycles. The number of nitrogens with zero attached hydrogens (tertiary/aromatic N) is 1. The summed E-state index contributed by atoms with van der Waals surface area (Å²) in [7, 11) is 0. The molecule has 0 saturated heterocycles. The highest BCUT2D eigenvalue weighted by molar-refractivity contribution is 5.85. The summed E-state index contributed by atoms with van der Waals surface area (Å²) in [4.78, 5) is 12.8. The van der Waals surface area contributed by atoms with Crippen molar-refractivity contribution in [3.8, 4) is 11.8 Å². The number of benzene rings is 2. The van der Waals surface area contributed by atoms with E-state index in [0.29, 0.717) is 29.5 Å². The van der Waals surface area contributed by atoms with Gasteiger partial charge in [-0.2, -0.15) is 5.26 Å². The Bertz CT molecular complexity index is 1240. The van der Waals surface area contributed by atoms with Crippen LogP contribution in [0.25, 0.3) is 11.0 Å². The normalized spacial score (nSPS) is 21.8. The summed E-state index contributed by atoms with van der Waals surface area (Å²) < 4.78 is 32.1. The average Bonchev–Trinajstić information content (AvgIpc) is 2.72. The van der Waals surface area contributed by atoms with E-state index in [1.165, 1.54) is 18.2 Å². The van der Waals surface area contributed by atoms with Crippen molar-refractivity contribution in [2.45, 2.75) is 44.5 Å². The Morgan fingerprint density at radius 1 is 1.28 bits per heavy atom. The fourth-order valence-corrected chi connectivity index (χ4v) is 4.30. The third-order valence-electron chi connectivity index (χ3n) is 5.66. The number of hydrogen-bond donors (Lipinski definition) is 0. The first-order valence-electron chi connectivity index (χ1n) is 9.69. The standard InChI is InChI=1S/C23H18FNO4/c1-2-3-8-23-11-14-9-13(12-25)4-6-16(14)20(28-23)19-21(29-23)17-10-15(24)5-7-18(17)27-22(19)26/h4-7,9-10,20H,2-3,8,11H2,1H3/t20?,23-/m0/s1. The molecule has 0 aliphatic carbocycles. The van der Waals surface area contributed by atoms with E-state index in [0.717, 1.165) is 24.0 Å². The first kappa shape index (κ1) is 17.9. The van der Waals surface area contributed by atoms with Gasteiger partial charge in [0.25, 0.3) is 0 Å². The zero-order valence-corrected chi connectivity index (χ0v) is 15.8. The average molecular weight is 391 g/mol. The molecule has 2 aromatic carbocycles. The van der Waals surface area contributed by atoms with Gasteiger partial charge in [0.1, 0.15) is 28.8 Å². The quantitative estimate of drug-likeness (QED) is 0.603. The van der Waals surface area contributed by atoms with Crippen molar-refractivity contribution in [2.75, 3.05) is 0 Å². The lowest BCUT2D eigenvalue weighted by Crippen LogP contribution is -2.50. The zero-order valence-electron chi connectivity index (χ0n) is 15.8. The summed E-state index contributed by atoms with van der Waals surface area (Å²) in [6, 6.07) is 11.5. The van der Waals surface area contributed by atoms with E-state index in [4.69, 9.17) is 13.9 Å². The van der Waals surface area contributed by atoms with E-state index < -0.39 is 23.3 Å². The van der Waals surface area contributed by atoms with E-state index in [1.807, 2.05) is 12.1 Å². The Morgan fingerprint density at radius 2 is 2.14 bits per heavy atom. The van der Waals surface area contributed by atoms with Crippen LogP contribution in [0.1, 0.15) is 54.5 Å². The molecule has 6 heteroatoms. The fourth-order valence-electron chi connectivity index (χ4n) is 4.30. The van der Waals surface area contributed by atoms with Crippen molar-refractivity contribution >= 4 is 11.0 Å². The van der Waals surface area contributed by atoms with Gasteiger partial charge in [0.2, 0.25) is 5.79 Å². The number of rotatable bonds is 3. The van der Waals surface area contributed by atoms with Gasteiger partial charge in [-0.05, 0) is 47.9 Å². The molecule has 0 saturated carbocycles. The van der Waals surface area contributed by atoms with Crippen LogP contribution < -0.4 is 10.4 Å².